The van der Waals surface area contributed by atoms with Gasteiger partial charge in [-0.05, 0) is 24.3 Å². The van der Waals surface area contributed by atoms with Gasteiger partial charge in [-0.25, -0.2) is 0 Å². The fourth-order valence-electron chi connectivity index (χ4n) is 0.905. The van der Waals surface area contributed by atoms with Gasteiger partial charge >= 0.3 is 5.97 Å². The van der Waals surface area contributed by atoms with E-state index in [2.05, 4.69) is 5.32 Å². The van der Waals surface area contributed by atoms with Crippen LogP contribution in [0.15, 0.2) is 29.2 Å². The molecule has 0 bridgehead atoms. The summed E-state index contributed by atoms with van der Waals surface area (Å²) in [4.78, 5) is 22.3. The summed E-state index contributed by atoms with van der Waals surface area (Å²) in [5, 5.41) is 11.3. The van der Waals surface area contributed by atoms with Crippen molar-refractivity contribution in [1.82, 2.24) is 5.32 Å². The molecule has 1 amide bonds. The van der Waals surface area contributed by atoms with E-state index in [1.165, 1.54) is 11.8 Å². The summed E-state index contributed by atoms with van der Waals surface area (Å²) >= 11 is 7.03. The first kappa shape index (κ1) is 12.9. The smallest absolute Gasteiger partial charge is 0.322 e. The Bertz CT molecular complexity index is 380. The standard InChI is InChI=1S/C10H10ClNO3S/c11-7-1-3-8(4-2-7)16-6-9(13)12-5-10(14)15/h1-4H,5-6H2,(H,12,13)(H,14,15). The van der Waals surface area contributed by atoms with Crippen molar-refractivity contribution in [2.24, 2.45) is 0 Å². The van der Waals surface area contributed by atoms with E-state index in [-0.39, 0.29) is 18.2 Å². The van der Waals surface area contributed by atoms with Gasteiger partial charge in [-0.15, -0.1) is 11.8 Å². The molecule has 0 spiro atoms. The lowest BCUT2D eigenvalue weighted by Crippen LogP contribution is -2.30. The van der Waals surface area contributed by atoms with E-state index < -0.39 is 5.97 Å². The lowest BCUT2D eigenvalue weighted by atomic mass is 10.4. The number of hydrogen-bond acceptors (Lipinski definition) is 3. The van der Waals surface area contributed by atoms with Crippen LogP contribution in [0.5, 0.6) is 0 Å². The van der Waals surface area contributed by atoms with Crippen molar-refractivity contribution < 1.29 is 14.7 Å². The van der Waals surface area contributed by atoms with E-state index >= 15 is 0 Å². The molecule has 0 radical (unpaired) electrons. The Labute approximate surface area is 102 Å². The molecule has 6 heteroatoms. The number of carbonyl (C=O) groups is 2. The zero-order chi connectivity index (χ0) is 12.0. The largest absolute Gasteiger partial charge is 0.480 e. The zero-order valence-electron chi connectivity index (χ0n) is 8.27. The topological polar surface area (TPSA) is 66.4 Å². The van der Waals surface area contributed by atoms with E-state index in [0.717, 1.165) is 4.90 Å². The van der Waals surface area contributed by atoms with Crippen LogP contribution in [-0.2, 0) is 9.59 Å². The molecule has 86 valence electrons. The highest BCUT2D eigenvalue weighted by atomic mass is 35.5. The van der Waals surface area contributed by atoms with E-state index in [1.54, 1.807) is 24.3 Å². The normalized spacial score (nSPS) is 9.81. The van der Waals surface area contributed by atoms with Crippen molar-refractivity contribution >= 4 is 35.2 Å². The van der Waals surface area contributed by atoms with Crippen molar-refractivity contribution in [2.75, 3.05) is 12.3 Å². The van der Waals surface area contributed by atoms with Crippen LogP contribution in [0, 0.1) is 0 Å². The molecule has 0 saturated carbocycles. The Balaban J connectivity index is 2.31. The molecule has 16 heavy (non-hydrogen) atoms. The maximum atomic E-state index is 11.2. The summed E-state index contributed by atoms with van der Waals surface area (Å²) in [6.45, 7) is -0.347. The van der Waals surface area contributed by atoms with Gasteiger partial charge in [0, 0.05) is 9.92 Å². The zero-order valence-corrected chi connectivity index (χ0v) is 9.85. The van der Waals surface area contributed by atoms with Gasteiger partial charge in [-0.2, -0.15) is 0 Å². The summed E-state index contributed by atoms with van der Waals surface area (Å²) in [7, 11) is 0. The first-order chi connectivity index (χ1) is 7.58. The first-order valence-electron chi connectivity index (χ1n) is 4.45. The van der Waals surface area contributed by atoms with E-state index in [9.17, 15) is 9.59 Å². The number of amides is 1. The SMILES string of the molecule is O=C(O)CNC(=O)CSc1ccc(Cl)cc1. The monoisotopic (exact) mass is 259 g/mol. The molecule has 1 aromatic rings. The molecular weight excluding hydrogens is 250 g/mol. The third kappa shape index (κ3) is 5.04. The third-order valence-corrected chi connectivity index (χ3v) is 2.88. The summed E-state index contributed by atoms with van der Waals surface area (Å²) in [6, 6.07) is 7.08. The second-order valence-corrected chi connectivity index (χ2v) is 4.40. The fraction of sp³-hybridized carbons (Fsp3) is 0.200. The number of carboxylic acid groups (broad SMARTS) is 1. The van der Waals surface area contributed by atoms with E-state index in [4.69, 9.17) is 16.7 Å². The molecule has 0 aliphatic carbocycles. The summed E-state index contributed by atoms with van der Waals surface area (Å²) in [5.41, 5.74) is 0. The molecule has 0 atom stereocenters. The highest BCUT2D eigenvalue weighted by Crippen LogP contribution is 2.19. The predicted octanol–water partition coefficient (Wildman–Crippen LogP) is 1.63. The number of hydrogen-bond donors (Lipinski definition) is 2. The highest BCUT2D eigenvalue weighted by Gasteiger charge is 2.04. The maximum absolute atomic E-state index is 11.2. The number of nitrogens with one attached hydrogen (secondary N) is 1. The first-order valence-corrected chi connectivity index (χ1v) is 5.81. The average molecular weight is 260 g/mol. The molecule has 0 aromatic heterocycles. The van der Waals surface area contributed by atoms with Crippen LogP contribution in [0.3, 0.4) is 0 Å². The second kappa shape index (κ2) is 6.40. The van der Waals surface area contributed by atoms with Gasteiger partial charge in [-0.1, -0.05) is 11.6 Å². The Kier molecular flexibility index (Phi) is 5.14. The van der Waals surface area contributed by atoms with Gasteiger partial charge in [0.2, 0.25) is 5.91 Å². The molecule has 2 N–H and O–H groups in total. The summed E-state index contributed by atoms with van der Waals surface area (Å²) in [6.07, 6.45) is 0. The lowest BCUT2D eigenvalue weighted by Gasteiger charge is -2.02. The van der Waals surface area contributed by atoms with Crippen LogP contribution >= 0.6 is 23.4 Å². The van der Waals surface area contributed by atoms with Crippen LogP contribution in [0.1, 0.15) is 0 Å². The van der Waals surface area contributed by atoms with Gasteiger partial charge in [0.15, 0.2) is 0 Å². The summed E-state index contributed by atoms with van der Waals surface area (Å²) in [5.74, 6) is -1.17. The molecule has 0 aliphatic heterocycles. The summed E-state index contributed by atoms with van der Waals surface area (Å²) < 4.78 is 0. The minimum absolute atomic E-state index is 0.189. The number of halogens is 1. The van der Waals surface area contributed by atoms with Crippen LogP contribution in [0.25, 0.3) is 0 Å². The predicted molar refractivity (Wildman–Crippen MR) is 62.8 cm³/mol. The van der Waals surface area contributed by atoms with Crippen molar-refractivity contribution in [2.45, 2.75) is 4.90 Å². The molecular formula is C10H10ClNO3S. The number of benzene rings is 1. The number of thioether (sulfide) groups is 1. The quantitative estimate of drug-likeness (QED) is 0.789. The van der Waals surface area contributed by atoms with Crippen molar-refractivity contribution in [3.05, 3.63) is 29.3 Å². The lowest BCUT2D eigenvalue weighted by molar-refractivity contribution is -0.137. The number of carboxylic acids is 1. The van der Waals surface area contributed by atoms with Crippen LogP contribution in [-0.4, -0.2) is 29.3 Å². The second-order valence-electron chi connectivity index (χ2n) is 2.91. The number of aliphatic carboxylic acids is 1. The third-order valence-electron chi connectivity index (χ3n) is 1.62. The average Bonchev–Trinajstić information content (AvgIpc) is 2.25. The van der Waals surface area contributed by atoms with Crippen LogP contribution < -0.4 is 5.32 Å². The Morgan fingerprint density at radius 3 is 2.50 bits per heavy atom. The molecule has 0 fully saturated rings. The van der Waals surface area contributed by atoms with Gasteiger partial charge < -0.3 is 10.4 Å². The van der Waals surface area contributed by atoms with Gasteiger partial charge in [-0.3, -0.25) is 9.59 Å². The van der Waals surface area contributed by atoms with E-state index in [0.29, 0.717) is 5.02 Å². The Morgan fingerprint density at radius 1 is 1.31 bits per heavy atom. The molecule has 4 nitrogen and oxygen atoms in total. The molecule has 0 aliphatic rings. The van der Waals surface area contributed by atoms with Gasteiger partial charge in [0.1, 0.15) is 6.54 Å². The minimum Gasteiger partial charge on any atom is -0.480 e. The van der Waals surface area contributed by atoms with Crippen LogP contribution in [0.4, 0.5) is 0 Å². The Morgan fingerprint density at radius 2 is 1.94 bits per heavy atom. The molecule has 0 heterocycles. The van der Waals surface area contributed by atoms with Crippen molar-refractivity contribution in [3.8, 4) is 0 Å². The number of rotatable bonds is 5. The minimum atomic E-state index is -1.05. The van der Waals surface area contributed by atoms with Gasteiger partial charge in [0.25, 0.3) is 0 Å². The van der Waals surface area contributed by atoms with Crippen molar-refractivity contribution in [3.63, 3.8) is 0 Å². The molecule has 1 aromatic carbocycles. The number of carbonyl (C=O) groups excluding carboxylic acids is 1. The maximum Gasteiger partial charge on any atom is 0.322 e. The molecule has 0 unspecified atom stereocenters. The Hall–Kier alpha value is -1.20. The van der Waals surface area contributed by atoms with E-state index in [1.807, 2.05) is 0 Å². The molecule has 0 saturated heterocycles. The van der Waals surface area contributed by atoms with Crippen LogP contribution in [0.2, 0.25) is 5.02 Å². The van der Waals surface area contributed by atoms with Crippen molar-refractivity contribution in [1.29, 1.82) is 0 Å². The fourth-order valence-corrected chi connectivity index (χ4v) is 1.76. The molecule has 1 rings (SSSR count). The van der Waals surface area contributed by atoms with Gasteiger partial charge in [0.05, 0.1) is 5.75 Å². The highest BCUT2D eigenvalue weighted by molar-refractivity contribution is 8.00.